The lowest BCUT2D eigenvalue weighted by Crippen LogP contribution is -2.31. The molecular formula is C25H35Cl2N3O3. The summed E-state index contributed by atoms with van der Waals surface area (Å²) in [6.07, 6.45) is 0. The third-order valence-corrected chi connectivity index (χ3v) is 6.16. The second-order valence-electron chi connectivity index (χ2n) is 8.25. The summed E-state index contributed by atoms with van der Waals surface area (Å²) < 4.78 is 16.3. The highest BCUT2D eigenvalue weighted by Gasteiger charge is 2.27. The number of fused-ring (bicyclic) bond motifs is 1. The summed E-state index contributed by atoms with van der Waals surface area (Å²) in [6, 6.07) is 12.6. The second-order valence-corrected chi connectivity index (χ2v) is 9.10. The van der Waals surface area contributed by atoms with Crippen LogP contribution in [0.15, 0.2) is 36.4 Å². The predicted molar refractivity (Wildman–Crippen MR) is 134 cm³/mol. The molecule has 0 bridgehead atoms. The van der Waals surface area contributed by atoms with Crippen molar-refractivity contribution >= 4 is 23.2 Å². The Morgan fingerprint density at radius 2 is 1.73 bits per heavy atom. The van der Waals surface area contributed by atoms with E-state index in [1.807, 2.05) is 6.07 Å². The minimum Gasteiger partial charge on any atom is -0.378 e. The van der Waals surface area contributed by atoms with Gasteiger partial charge in [-0.15, -0.1) is 0 Å². The highest BCUT2D eigenvalue weighted by atomic mass is 35.5. The molecule has 3 rings (SSSR count). The first-order chi connectivity index (χ1) is 16.1. The fourth-order valence-corrected chi connectivity index (χ4v) is 4.62. The molecule has 1 unspecified atom stereocenters. The Hall–Kier alpha value is -1.22. The fourth-order valence-electron chi connectivity index (χ4n) is 4.05. The molecule has 2 aromatic rings. The molecule has 0 aliphatic carbocycles. The zero-order valence-electron chi connectivity index (χ0n) is 19.3. The predicted octanol–water partition coefficient (Wildman–Crippen LogP) is 3.67. The van der Waals surface area contributed by atoms with Gasteiger partial charge in [-0.1, -0.05) is 47.5 Å². The van der Waals surface area contributed by atoms with Crippen molar-refractivity contribution in [2.75, 3.05) is 66.3 Å². The molecule has 0 radical (unpaired) electrons. The average molecular weight is 496 g/mol. The molecule has 8 heteroatoms. The van der Waals surface area contributed by atoms with Crippen LogP contribution in [0, 0.1) is 0 Å². The molecule has 1 atom stereocenters. The van der Waals surface area contributed by atoms with Crippen molar-refractivity contribution in [1.82, 2.24) is 10.2 Å². The van der Waals surface area contributed by atoms with Gasteiger partial charge in [0, 0.05) is 48.7 Å². The van der Waals surface area contributed by atoms with Crippen LogP contribution in [0.4, 0.5) is 0 Å². The largest absolute Gasteiger partial charge is 0.378 e. The third kappa shape index (κ3) is 8.50. The summed E-state index contributed by atoms with van der Waals surface area (Å²) in [4.78, 5) is 2.31. The molecule has 1 aliphatic heterocycles. The molecule has 6 nitrogen and oxygen atoms in total. The molecule has 33 heavy (non-hydrogen) atoms. The number of nitrogens with two attached hydrogens (primary N) is 1. The first kappa shape index (κ1) is 26.4. The van der Waals surface area contributed by atoms with Crippen molar-refractivity contribution in [2.24, 2.45) is 5.73 Å². The Morgan fingerprint density at radius 3 is 2.48 bits per heavy atom. The molecule has 0 amide bonds. The summed E-state index contributed by atoms with van der Waals surface area (Å²) in [7, 11) is 2.13. The molecular weight excluding hydrogens is 461 g/mol. The van der Waals surface area contributed by atoms with Crippen LogP contribution in [-0.4, -0.2) is 71.2 Å². The number of hydrogen-bond acceptors (Lipinski definition) is 6. The van der Waals surface area contributed by atoms with Gasteiger partial charge >= 0.3 is 0 Å². The Morgan fingerprint density at radius 1 is 1.00 bits per heavy atom. The first-order valence-electron chi connectivity index (χ1n) is 11.5. The lowest BCUT2D eigenvalue weighted by atomic mass is 9.84. The van der Waals surface area contributed by atoms with Crippen LogP contribution in [0.3, 0.4) is 0 Å². The van der Waals surface area contributed by atoms with Crippen molar-refractivity contribution in [1.29, 1.82) is 0 Å². The van der Waals surface area contributed by atoms with E-state index >= 15 is 0 Å². The SMILES string of the molecule is CN1Cc2c(Cl)cc(Cl)cc2C(c2cccc(CNCCOCCOCCOCCN)c2)C1. The lowest BCUT2D eigenvalue weighted by Gasteiger charge is -2.33. The standard InChI is InChI=1S/C25H35Cl2N3O3/c1-30-17-23(22-14-21(26)15-25(27)24(22)18-30)20-4-2-3-19(13-20)16-29-6-8-32-10-12-33-11-9-31-7-5-28/h2-4,13-15,23,29H,5-12,16-18,28H2,1H3. The van der Waals surface area contributed by atoms with Crippen LogP contribution in [0.1, 0.15) is 28.2 Å². The monoisotopic (exact) mass is 495 g/mol. The number of likely N-dealkylation sites (N-methyl/N-ethyl adjacent to an activating group) is 1. The van der Waals surface area contributed by atoms with E-state index in [-0.39, 0.29) is 5.92 Å². The summed E-state index contributed by atoms with van der Waals surface area (Å²) >= 11 is 12.8. The Bertz CT molecular complexity index is 869. The smallest absolute Gasteiger partial charge is 0.0701 e. The van der Waals surface area contributed by atoms with Crippen molar-refractivity contribution < 1.29 is 14.2 Å². The van der Waals surface area contributed by atoms with Crippen LogP contribution >= 0.6 is 23.2 Å². The maximum absolute atomic E-state index is 6.51. The van der Waals surface area contributed by atoms with E-state index in [9.17, 15) is 0 Å². The molecule has 0 spiro atoms. The van der Waals surface area contributed by atoms with E-state index in [2.05, 4.69) is 47.6 Å². The first-order valence-corrected chi connectivity index (χ1v) is 12.2. The molecule has 2 aromatic carbocycles. The Balaban J connectivity index is 1.42. The Kier molecular flexibility index (Phi) is 11.4. The van der Waals surface area contributed by atoms with E-state index in [4.69, 9.17) is 43.1 Å². The van der Waals surface area contributed by atoms with Crippen molar-refractivity contribution in [3.8, 4) is 0 Å². The van der Waals surface area contributed by atoms with Crippen LogP contribution < -0.4 is 11.1 Å². The lowest BCUT2D eigenvalue weighted by molar-refractivity contribution is 0.0165. The van der Waals surface area contributed by atoms with E-state index in [0.29, 0.717) is 51.2 Å². The van der Waals surface area contributed by atoms with Gasteiger partial charge in [-0.2, -0.15) is 0 Å². The topological polar surface area (TPSA) is 69.0 Å². The summed E-state index contributed by atoms with van der Waals surface area (Å²) in [5, 5.41) is 4.89. The molecule has 0 saturated carbocycles. The summed E-state index contributed by atoms with van der Waals surface area (Å²) in [5.74, 6) is 0.249. The number of nitrogens with zero attached hydrogens (tertiary/aromatic N) is 1. The summed E-state index contributed by atoms with van der Waals surface area (Å²) in [6.45, 7) is 7.39. The van der Waals surface area contributed by atoms with Crippen molar-refractivity contribution in [2.45, 2.75) is 19.0 Å². The molecule has 0 saturated heterocycles. The average Bonchev–Trinajstić information content (AvgIpc) is 2.80. The number of hydrogen-bond donors (Lipinski definition) is 2. The third-order valence-electron chi connectivity index (χ3n) is 5.60. The molecule has 0 fully saturated rings. The van der Waals surface area contributed by atoms with Gasteiger partial charge in [0.25, 0.3) is 0 Å². The minimum absolute atomic E-state index is 0.249. The molecule has 3 N–H and O–H groups in total. The molecule has 1 aliphatic rings. The molecule has 1 heterocycles. The van der Waals surface area contributed by atoms with Gasteiger partial charge in [0.05, 0.1) is 39.6 Å². The van der Waals surface area contributed by atoms with Crippen LogP contribution in [-0.2, 0) is 27.3 Å². The highest BCUT2D eigenvalue weighted by molar-refractivity contribution is 6.35. The van der Waals surface area contributed by atoms with Crippen molar-refractivity contribution in [3.63, 3.8) is 0 Å². The fraction of sp³-hybridized carbons (Fsp3) is 0.520. The van der Waals surface area contributed by atoms with E-state index in [1.165, 1.54) is 22.3 Å². The maximum atomic E-state index is 6.51. The molecule has 0 aromatic heterocycles. The minimum atomic E-state index is 0.249. The van der Waals surface area contributed by atoms with Gasteiger partial charge in [-0.3, -0.25) is 0 Å². The summed E-state index contributed by atoms with van der Waals surface area (Å²) in [5.41, 5.74) is 10.3. The van der Waals surface area contributed by atoms with Crippen molar-refractivity contribution in [3.05, 3.63) is 68.7 Å². The van der Waals surface area contributed by atoms with Crippen LogP contribution in [0.2, 0.25) is 10.0 Å². The van der Waals surface area contributed by atoms with E-state index in [0.717, 1.165) is 31.2 Å². The van der Waals surface area contributed by atoms with Gasteiger partial charge in [-0.05, 0) is 41.4 Å². The normalized spacial score (nSPS) is 16.2. The zero-order valence-corrected chi connectivity index (χ0v) is 20.8. The van der Waals surface area contributed by atoms with Crippen LogP contribution in [0.5, 0.6) is 0 Å². The van der Waals surface area contributed by atoms with E-state index in [1.54, 1.807) is 0 Å². The van der Waals surface area contributed by atoms with Gasteiger partial charge in [0.1, 0.15) is 0 Å². The van der Waals surface area contributed by atoms with E-state index < -0.39 is 0 Å². The highest BCUT2D eigenvalue weighted by Crippen LogP contribution is 2.38. The van der Waals surface area contributed by atoms with Gasteiger partial charge in [0.2, 0.25) is 0 Å². The maximum Gasteiger partial charge on any atom is 0.0701 e. The quantitative estimate of drug-likeness (QED) is 0.389. The molecule has 182 valence electrons. The number of halogens is 2. The zero-order chi connectivity index (χ0) is 23.5. The van der Waals surface area contributed by atoms with Crippen LogP contribution in [0.25, 0.3) is 0 Å². The van der Waals surface area contributed by atoms with Gasteiger partial charge < -0.3 is 30.2 Å². The second kappa shape index (κ2) is 14.2. The Labute approximate surface area is 207 Å². The number of benzene rings is 2. The number of rotatable bonds is 14. The number of nitrogens with one attached hydrogen (secondary N) is 1. The van der Waals surface area contributed by atoms with Gasteiger partial charge in [0.15, 0.2) is 0 Å². The van der Waals surface area contributed by atoms with Gasteiger partial charge in [-0.25, -0.2) is 0 Å². The number of ether oxygens (including phenoxy) is 3.